The topological polar surface area (TPSA) is 72.3 Å². The van der Waals surface area contributed by atoms with Gasteiger partial charge in [-0.15, -0.1) is 0 Å². The monoisotopic (exact) mass is 227 g/mol. The van der Waals surface area contributed by atoms with Crippen molar-refractivity contribution in [3.05, 3.63) is 0 Å². The number of nitrogens with zero attached hydrogens (tertiary/aromatic N) is 1. The average Bonchev–Trinajstić information content (AvgIpc) is 2.61. The Morgan fingerprint density at radius 2 is 2.12 bits per heavy atom. The molecule has 1 aliphatic rings. The molecule has 0 aromatic carbocycles. The third-order valence-corrected chi connectivity index (χ3v) is 3.62. The summed E-state index contributed by atoms with van der Waals surface area (Å²) >= 11 is 0. The first-order chi connectivity index (χ1) is 7.30. The number of nitrogens with two attached hydrogens (primary N) is 2. The van der Waals surface area contributed by atoms with Crippen LogP contribution in [-0.4, -0.2) is 36.5 Å². The molecule has 0 aromatic heterocycles. The molecule has 0 saturated carbocycles. The van der Waals surface area contributed by atoms with Gasteiger partial charge in [0.2, 0.25) is 5.91 Å². The number of rotatable bonds is 4. The van der Waals surface area contributed by atoms with Gasteiger partial charge in [-0.2, -0.15) is 0 Å². The van der Waals surface area contributed by atoms with E-state index < -0.39 is 11.9 Å². The van der Waals surface area contributed by atoms with Crippen LogP contribution < -0.4 is 11.5 Å². The van der Waals surface area contributed by atoms with Gasteiger partial charge < -0.3 is 16.4 Å². The molecule has 1 fully saturated rings. The summed E-state index contributed by atoms with van der Waals surface area (Å²) in [5, 5.41) is 0. The van der Waals surface area contributed by atoms with Crippen molar-refractivity contribution in [1.82, 2.24) is 4.90 Å². The molecule has 4 N–H and O–H groups in total. The number of primary amides is 1. The summed E-state index contributed by atoms with van der Waals surface area (Å²) in [5.41, 5.74) is 11.1. The van der Waals surface area contributed by atoms with Crippen LogP contribution in [0.5, 0.6) is 0 Å². The highest BCUT2D eigenvalue weighted by Gasteiger charge is 2.31. The number of hydrogen-bond acceptors (Lipinski definition) is 3. The van der Waals surface area contributed by atoms with Crippen molar-refractivity contribution in [2.75, 3.05) is 19.6 Å². The van der Waals surface area contributed by atoms with Gasteiger partial charge in [-0.05, 0) is 30.7 Å². The molecule has 0 radical (unpaired) electrons. The zero-order chi connectivity index (χ0) is 12.3. The summed E-state index contributed by atoms with van der Waals surface area (Å²) in [5.74, 6) is 0.351. The Hall–Kier alpha value is -0.610. The third kappa shape index (κ3) is 3.76. The minimum absolute atomic E-state index is 0.376. The summed E-state index contributed by atoms with van der Waals surface area (Å²) < 4.78 is 0. The van der Waals surface area contributed by atoms with Crippen LogP contribution in [0.15, 0.2) is 0 Å². The number of amides is 1. The van der Waals surface area contributed by atoms with Gasteiger partial charge in [0.1, 0.15) is 0 Å². The van der Waals surface area contributed by atoms with Gasteiger partial charge in [-0.3, -0.25) is 4.79 Å². The fourth-order valence-corrected chi connectivity index (χ4v) is 2.21. The zero-order valence-corrected chi connectivity index (χ0v) is 10.7. The molecule has 1 aliphatic heterocycles. The molecular weight excluding hydrogens is 202 g/mol. The average molecular weight is 227 g/mol. The summed E-state index contributed by atoms with van der Waals surface area (Å²) in [6.45, 7) is 9.99. The van der Waals surface area contributed by atoms with E-state index in [0.29, 0.717) is 11.8 Å². The fraction of sp³-hybridized carbons (Fsp3) is 0.917. The Morgan fingerprint density at radius 3 is 2.56 bits per heavy atom. The van der Waals surface area contributed by atoms with E-state index in [9.17, 15) is 4.79 Å². The van der Waals surface area contributed by atoms with Crippen LogP contribution in [0.2, 0.25) is 0 Å². The van der Waals surface area contributed by atoms with Gasteiger partial charge in [0.15, 0.2) is 0 Å². The maximum atomic E-state index is 10.8. The zero-order valence-electron chi connectivity index (χ0n) is 10.7. The Morgan fingerprint density at radius 1 is 1.50 bits per heavy atom. The van der Waals surface area contributed by atoms with Crippen LogP contribution in [0.1, 0.15) is 33.6 Å². The molecule has 1 amide bonds. The Labute approximate surface area is 98.3 Å². The van der Waals surface area contributed by atoms with Crippen LogP contribution >= 0.6 is 0 Å². The predicted octanol–water partition coefficient (Wildman–Crippen LogP) is 0.557. The van der Waals surface area contributed by atoms with Crippen LogP contribution in [0.25, 0.3) is 0 Å². The molecule has 1 heterocycles. The van der Waals surface area contributed by atoms with E-state index >= 15 is 0 Å². The highest BCUT2D eigenvalue weighted by Crippen LogP contribution is 2.33. The maximum Gasteiger partial charge on any atom is 0.234 e. The molecule has 0 bridgehead atoms. The van der Waals surface area contributed by atoms with Crippen molar-refractivity contribution in [3.63, 3.8) is 0 Å². The SMILES string of the molecule is CC(C)(C)C1CCN(CCC(N)C(N)=O)C1. The third-order valence-electron chi connectivity index (χ3n) is 3.62. The number of carbonyl (C=O) groups is 1. The Balaban J connectivity index is 2.30. The van der Waals surface area contributed by atoms with Crippen molar-refractivity contribution < 1.29 is 4.79 Å². The number of likely N-dealkylation sites (tertiary alicyclic amines) is 1. The lowest BCUT2D eigenvalue weighted by atomic mass is 9.80. The first-order valence-electron chi connectivity index (χ1n) is 6.08. The van der Waals surface area contributed by atoms with Gasteiger partial charge in [0.05, 0.1) is 6.04 Å². The lowest BCUT2D eigenvalue weighted by Crippen LogP contribution is -2.39. The molecule has 94 valence electrons. The van der Waals surface area contributed by atoms with E-state index in [0.717, 1.165) is 25.6 Å². The molecule has 1 saturated heterocycles. The highest BCUT2D eigenvalue weighted by atomic mass is 16.1. The largest absolute Gasteiger partial charge is 0.368 e. The molecule has 4 nitrogen and oxygen atoms in total. The molecule has 0 aromatic rings. The summed E-state index contributed by atoms with van der Waals surface area (Å²) in [6.07, 6.45) is 1.92. The predicted molar refractivity (Wildman–Crippen MR) is 65.8 cm³/mol. The Kier molecular flexibility index (Phi) is 4.33. The second kappa shape index (κ2) is 5.15. The van der Waals surface area contributed by atoms with Crippen LogP contribution in [0.3, 0.4) is 0 Å². The quantitative estimate of drug-likeness (QED) is 0.737. The van der Waals surface area contributed by atoms with Crippen LogP contribution in [-0.2, 0) is 4.79 Å². The van der Waals surface area contributed by atoms with Gasteiger partial charge in [-0.25, -0.2) is 0 Å². The van der Waals surface area contributed by atoms with E-state index in [1.165, 1.54) is 6.42 Å². The molecule has 2 atom stereocenters. The molecule has 0 spiro atoms. The minimum atomic E-state index is -0.492. The summed E-state index contributed by atoms with van der Waals surface area (Å²) in [6, 6.07) is -0.492. The van der Waals surface area contributed by atoms with E-state index in [4.69, 9.17) is 11.5 Å². The van der Waals surface area contributed by atoms with E-state index in [1.807, 2.05) is 0 Å². The van der Waals surface area contributed by atoms with Gasteiger partial charge in [0.25, 0.3) is 0 Å². The van der Waals surface area contributed by atoms with E-state index in [2.05, 4.69) is 25.7 Å². The first kappa shape index (κ1) is 13.5. The number of carbonyl (C=O) groups excluding carboxylic acids is 1. The smallest absolute Gasteiger partial charge is 0.234 e. The van der Waals surface area contributed by atoms with Crippen LogP contribution in [0.4, 0.5) is 0 Å². The highest BCUT2D eigenvalue weighted by molar-refractivity contribution is 5.79. The van der Waals surface area contributed by atoms with E-state index in [-0.39, 0.29) is 0 Å². The van der Waals surface area contributed by atoms with Gasteiger partial charge >= 0.3 is 0 Å². The lowest BCUT2D eigenvalue weighted by molar-refractivity contribution is -0.119. The molecule has 0 aliphatic carbocycles. The standard InChI is InChI=1S/C12H25N3O/c1-12(2,3)9-4-6-15(8-9)7-5-10(13)11(14)16/h9-10H,4-8,13H2,1-3H3,(H2,14,16). The first-order valence-corrected chi connectivity index (χ1v) is 6.08. The summed E-state index contributed by atoms with van der Waals surface area (Å²) in [4.78, 5) is 13.2. The second-order valence-electron chi connectivity index (χ2n) is 5.95. The maximum absolute atomic E-state index is 10.8. The van der Waals surface area contributed by atoms with E-state index in [1.54, 1.807) is 0 Å². The minimum Gasteiger partial charge on any atom is -0.368 e. The number of hydrogen-bond donors (Lipinski definition) is 2. The van der Waals surface area contributed by atoms with Crippen molar-refractivity contribution in [2.24, 2.45) is 22.8 Å². The fourth-order valence-electron chi connectivity index (χ4n) is 2.21. The molecular formula is C12H25N3O. The Bertz CT molecular complexity index is 247. The summed E-state index contributed by atoms with van der Waals surface area (Å²) in [7, 11) is 0. The van der Waals surface area contributed by atoms with Crippen molar-refractivity contribution >= 4 is 5.91 Å². The van der Waals surface area contributed by atoms with Crippen molar-refractivity contribution in [2.45, 2.75) is 39.7 Å². The van der Waals surface area contributed by atoms with Crippen molar-refractivity contribution in [3.8, 4) is 0 Å². The second-order valence-corrected chi connectivity index (χ2v) is 5.95. The normalized spacial score (nSPS) is 24.6. The van der Waals surface area contributed by atoms with Crippen molar-refractivity contribution in [1.29, 1.82) is 0 Å². The van der Waals surface area contributed by atoms with Gasteiger partial charge in [0, 0.05) is 13.1 Å². The molecule has 4 heteroatoms. The molecule has 2 unspecified atom stereocenters. The molecule has 16 heavy (non-hydrogen) atoms. The lowest BCUT2D eigenvalue weighted by Gasteiger charge is -2.27. The molecule has 1 rings (SSSR count). The van der Waals surface area contributed by atoms with Crippen LogP contribution in [0, 0.1) is 11.3 Å². The van der Waals surface area contributed by atoms with Gasteiger partial charge in [-0.1, -0.05) is 20.8 Å².